The van der Waals surface area contributed by atoms with E-state index in [9.17, 15) is 0 Å². The molecular formula is C10H13Cl3N4. The highest BCUT2D eigenvalue weighted by molar-refractivity contribution is 6.43. The highest BCUT2D eigenvalue weighted by Gasteiger charge is 2.15. The molecule has 7 heteroatoms. The number of hydrogen-bond donors (Lipinski definition) is 2. The van der Waals surface area contributed by atoms with Crippen LogP contribution in [0.5, 0.6) is 0 Å². The smallest absolute Gasteiger partial charge is 0.225 e. The van der Waals surface area contributed by atoms with Crippen molar-refractivity contribution in [3.63, 3.8) is 0 Å². The molecule has 1 aromatic rings. The van der Waals surface area contributed by atoms with E-state index in [0.717, 1.165) is 32.5 Å². The Balaban J connectivity index is 1.98. The quantitative estimate of drug-likeness (QED) is 0.665. The lowest BCUT2D eigenvalue weighted by Crippen LogP contribution is -2.31. The van der Waals surface area contributed by atoms with Crippen molar-refractivity contribution in [3.8, 4) is 0 Å². The largest absolute Gasteiger partial charge is 0.368 e. The van der Waals surface area contributed by atoms with Crippen molar-refractivity contribution in [2.45, 2.75) is 12.8 Å². The van der Waals surface area contributed by atoms with E-state index in [1.807, 2.05) is 0 Å². The predicted octanol–water partition coefficient (Wildman–Crippen LogP) is 2.85. The highest BCUT2D eigenvalue weighted by Crippen LogP contribution is 2.28. The molecule has 1 aliphatic rings. The number of hydrogen-bond acceptors (Lipinski definition) is 4. The number of piperidine rings is 1. The van der Waals surface area contributed by atoms with Crippen LogP contribution < -0.4 is 10.6 Å². The Morgan fingerprint density at radius 2 is 1.88 bits per heavy atom. The summed E-state index contributed by atoms with van der Waals surface area (Å²) in [5.74, 6) is 1.13. The third-order valence-corrected chi connectivity index (χ3v) is 3.70. The maximum atomic E-state index is 5.99. The van der Waals surface area contributed by atoms with Gasteiger partial charge in [-0.3, -0.25) is 0 Å². The number of anilines is 1. The normalized spacial score (nSPS) is 17.1. The van der Waals surface area contributed by atoms with Gasteiger partial charge in [0.1, 0.15) is 5.02 Å². The predicted molar refractivity (Wildman–Crippen MR) is 71.1 cm³/mol. The van der Waals surface area contributed by atoms with Gasteiger partial charge in [0, 0.05) is 6.54 Å². The van der Waals surface area contributed by atoms with E-state index in [4.69, 9.17) is 34.8 Å². The molecular weight excluding hydrogens is 282 g/mol. The second-order valence-corrected chi connectivity index (χ2v) is 5.09. The van der Waals surface area contributed by atoms with Gasteiger partial charge in [-0.2, -0.15) is 4.98 Å². The Morgan fingerprint density at radius 1 is 1.18 bits per heavy atom. The summed E-state index contributed by atoms with van der Waals surface area (Å²) < 4.78 is 0. The van der Waals surface area contributed by atoms with E-state index in [1.165, 1.54) is 0 Å². The van der Waals surface area contributed by atoms with E-state index in [0.29, 0.717) is 16.8 Å². The molecule has 1 saturated heterocycles. The molecule has 17 heavy (non-hydrogen) atoms. The number of aromatic nitrogens is 2. The average Bonchev–Trinajstić information content (AvgIpc) is 2.33. The number of rotatable bonds is 3. The Labute approximate surface area is 115 Å². The van der Waals surface area contributed by atoms with E-state index in [-0.39, 0.29) is 10.4 Å². The molecule has 94 valence electrons. The highest BCUT2D eigenvalue weighted by atomic mass is 35.5. The van der Waals surface area contributed by atoms with Gasteiger partial charge < -0.3 is 10.6 Å². The van der Waals surface area contributed by atoms with E-state index in [1.54, 1.807) is 0 Å². The Bertz CT molecular complexity index is 393. The van der Waals surface area contributed by atoms with Crippen molar-refractivity contribution in [2.24, 2.45) is 5.92 Å². The van der Waals surface area contributed by atoms with Crippen LogP contribution in [-0.4, -0.2) is 29.6 Å². The monoisotopic (exact) mass is 294 g/mol. The Kier molecular flexibility index (Phi) is 4.68. The fourth-order valence-corrected chi connectivity index (χ4v) is 2.37. The summed E-state index contributed by atoms with van der Waals surface area (Å²) in [6.45, 7) is 2.95. The zero-order valence-corrected chi connectivity index (χ0v) is 11.4. The van der Waals surface area contributed by atoms with Crippen molar-refractivity contribution in [3.05, 3.63) is 15.5 Å². The van der Waals surface area contributed by atoms with Gasteiger partial charge in [-0.05, 0) is 43.5 Å². The van der Waals surface area contributed by atoms with Gasteiger partial charge in [0.25, 0.3) is 0 Å². The van der Waals surface area contributed by atoms with Crippen LogP contribution in [0.3, 0.4) is 0 Å². The lowest BCUT2D eigenvalue weighted by Gasteiger charge is -2.23. The first-order valence-corrected chi connectivity index (χ1v) is 6.63. The summed E-state index contributed by atoms with van der Waals surface area (Å²) in [4.78, 5) is 7.80. The molecule has 0 unspecified atom stereocenters. The molecule has 0 amide bonds. The lowest BCUT2D eigenvalue weighted by molar-refractivity contribution is 0.389. The zero-order chi connectivity index (χ0) is 12.3. The molecule has 1 aliphatic heterocycles. The van der Waals surface area contributed by atoms with Gasteiger partial charge in [0.05, 0.1) is 0 Å². The van der Waals surface area contributed by atoms with E-state index < -0.39 is 0 Å². The molecule has 0 saturated carbocycles. The standard InChI is InChI=1S/C10H13Cl3N4/c11-7-8(12)16-10(13)17-9(7)15-5-6-1-3-14-4-2-6/h6,14H,1-5H2,(H,15,16,17). The number of halogens is 3. The minimum absolute atomic E-state index is 0.104. The fraction of sp³-hybridized carbons (Fsp3) is 0.600. The van der Waals surface area contributed by atoms with E-state index in [2.05, 4.69) is 20.6 Å². The summed E-state index contributed by atoms with van der Waals surface area (Å²) in [7, 11) is 0. The van der Waals surface area contributed by atoms with Crippen LogP contribution in [0.25, 0.3) is 0 Å². The molecule has 0 aliphatic carbocycles. The van der Waals surface area contributed by atoms with Gasteiger partial charge in [-0.15, -0.1) is 0 Å². The molecule has 0 spiro atoms. The zero-order valence-electron chi connectivity index (χ0n) is 9.14. The number of nitrogens with zero attached hydrogens (tertiary/aromatic N) is 2. The van der Waals surface area contributed by atoms with Crippen LogP contribution in [0.4, 0.5) is 5.82 Å². The van der Waals surface area contributed by atoms with Crippen LogP contribution in [0.1, 0.15) is 12.8 Å². The minimum Gasteiger partial charge on any atom is -0.368 e. The van der Waals surface area contributed by atoms with E-state index >= 15 is 0 Å². The molecule has 1 aromatic heterocycles. The SMILES string of the molecule is Clc1nc(Cl)c(Cl)c(NCC2CCNCC2)n1. The van der Waals surface area contributed by atoms with Gasteiger partial charge in [-0.1, -0.05) is 23.2 Å². The van der Waals surface area contributed by atoms with Gasteiger partial charge in [0.2, 0.25) is 5.28 Å². The molecule has 0 bridgehead atoms. The van der Waals surface area contributed by atoms with Crippen molar-refractivity contribution >= 4 is 40.6 Å². The summed E-state index contributed by atoms with van der Waals surface area (Å²) in [5, 5.41) is 7.11. The van der Waals surface area contributed by atoms with Crippen LogP contribution in [-0.2, 0) is 0 Å². The minimum atomic E-state index is 0.104. The van der Waals surface area contributed by atoms with Crippen molar-refractivity contribution in [2.75, 3.05) is 25.0 Å². The van der Waals surface area contributed by atoms with Crippen LogP contribution in [0, 0.1) is 5.92 Å². The first-order chi connectivity index (χ1) is 8.16. The van der Waals surface area contributed by atoms with Crippen molar-refractivity contribution < 1.29 is 0 Å². The maximum absolute atomic E-state index is 5.99. The summed E-state index contributed by atoms with van der Waals surface area (Å²) in [5.41, 5.74) is 0. The fourth-order valence-electron chi connectivity index (χ4n) is 1.84. The summed E-state index contributed by atoms with van der Waals surface area (Å²) in [6, 6.07) is 0. The average molecular weight is 296 g/mol. The summed E-state index contributed by atoms with van der Waals surface area (Å²) in [6.07, 6.45) is 2.30. The van der Waals surface area contributed by atoms with Crippen molar-refractivity contribution in [1.29, 1.82) is 0 Å². The van der Waals surface area contributed by atoms with Crippen LogP contribution >= 0.6 is 34.8 Å². The third kappa shape index (κ3) is 3.58. The molecule has 0 atom stereocenters. The first-order valence-electron chi connectivity index (χ1n) is 5.50. The molecule has 1 fully saturated rings. The topological polar surface area (TPSA) is 49.8 Å². The van der Waals surface area contributed by atoms with Crippen LogP contribution in [0.15, 0.2) is 0 Å². The molecule has 0 radical (unpaired) electrons. The lowest BCUT2D eigenvalue weighted by atomic mass is 9.98. The Hall–Kier alpha value is -0.290. The molecule has 2 rings (SSSR count). The third-order valence-electron chi connectivity index (χ3n) is 2.80. The summed E-state index contributed by atoms with van der Waals surface area (Å²) >= 11 is 17.5. The maximum Gasteiger partial charge on any atom is 0.225 e. The molecule has 0 aromatic carbocycles. The molecule has 2 N–H and O–H groups in total. The van der Waals surface area contributed by atoms with Gasteiger partial charge >= 0.3 is 0 Å². The van der Waals surface area contributed by atoms with Gasteiger partial charge in [-0.25, -0.2) is 4.98 Å². The second-order valence-electron chi connectivity index (χ2n) is 4.02. The number of nitrogens with one attached hydrogen (secondary N) is 2. The second kappa shape index (κ2) is 6.05. The van der Waals surface area contributed by atoms with Crippen molar-refractivity contribution in [1.82, 2.24) is 15.3 Å². The van der Waals surface area contributed by atoms with Gasteiger partial charge in [0.15, 0.2) is 11.0 Å². The molecule has 2 heterocycles. The Morgan fingerprint density at radius 3 is 2.59 bits per heavy atom. The first kappa shape index (κ1) is 13.1. The molecule has 4 nitrogen and oxygen atoms in total. The van der Waals surface area contributed by atoms with Crippen LogP contribution in [0.2, 0.25) is 15.5 Å².